The normalized spacial score (nSPS) is 28.2. The van der Waals surface area contributed by atoms with E-state index in [9.17, 15) is 0 Å². The van der Waals surface area contributed by atoms with Gasteiger partial charge in [0.2, 0.25) is 0 Å². The third-order valence-electron chi connectivity index (χ3n) is 2.45. The third kappa shape index (κ3) is 1.72. The van der Waals surface area contributed by atoms with Crippen molar-refractivity contribution in [1.82, 2.24) is 15.2 Å². The fourth-order valence-electron chi connectivity index (χ4n) is 1.65. The summed E-state index contributed by atoms with van der Waals surface area (Å²) < 4.78 is 5.47. The summed E-state index contributed by atoms with van der Waals surface area (Å²) in [5, 5.41) is 7.12. The van der Waals surface area contributed by atoms with E-state index in [0.29, 0.717) is 12.0 Å². The number of hydrogen-bond donors (Lipinski definition) is 1. The predicted octanol–water partition coefficient (Wildman–Crippen LogP) is 1.26. The van der Waals surface area contributed by atoms with Gasteiger partial charge in [0.25, 0.3) is 0 Å². The summed E-state index contributed by atoms with van der Waals surface area (Å²) in [5.41, 5.74) is 0. The molecule has 2 atom stereocenters. The highest BCUT2D eigenvalue weighted by Gasteiger charge is 2.26. The third-order valence-corrected chi connectivity index (χ3v) is 2.45. The van der Waals surface area contributed by atoms with E-state index in [4.69, 9.17) is 4.74 Å². The second-order valence-corrected chi connectivity index (χ2v) is 3.57. The first-order chi connectivity index (χ1) is 6.29. The molecule has 2 unspecified atom stereocenters. The largest absolute Gasteiger partial charge is 0.378 e. The van der Waals surface area contributed by atoms with E-state index in [-0.39, 0.29) is 0 Å². The van der Waals surface area contributed by atoms with Crippen molar-refractivity contribution in [3.63, 3.8) is 0 Å². The molecule has 0 aliphatic carbocycles. The number of nitrogens with zero attached hydrogens (tertiary/aromatic N) is 2. The molecule has 0 radical (unpaired) electrons. The van der Waals surface area contributed by atoms with Crippen LogP contribution in [0.1, 0.15) is 37.8 Å². The van der Waals surface area contributed by atoms with Gasteiger partial charge in [-0.1, -0.05) is 6.92 Å². The molecule has 1 aromatic heterocycles. The van der Waals surface area contributed by atoms with E-state index in [1.54, 1.807) is 0 Å². The van der Waals surface area contributed by atoms with Gasteiger partial charge in [-0.3, -0.25) is 5.10 Å². The molecule has 1 fully saturated rings. The van der Waals surface area contributed by atoms with Crippen molar-refractivity contribution in [1.29, 1.82) is 0 Å². The van der Waals surface area contributed by atoms with Crippen molar-refractivity contribution in [2.45, 2.75) is 38.7 Å². The molecule has 4 nitrogen and oxygen atoms in total. The molecule has 13 heavy (non-hydrogen) atoms. The van der Waals surface area contributed by atoms with E-state index in [1.807, 2.05) is 0 Å². The summed E-state index contributed by atoms with van der Waals surface area (Å²) in [6, 6.07) is 0. The monoisotopic (exact) mass is 181 g/mol. The minimum atomic E-state index is 0.355. The first-order valence-corrected chi connectivity index (χ1v) is 4.82. The summed E-state index contributed by atoms with van der Waals surface area (Å²) in [6.45, 7) is 4.92. The van der Waals surface area contributed by atoms with Crippen LogP contribution in [0.2, 0.25) is 0 Å². The molecule has 1 aliphatic rings. The zero-order valence-corrected chi connectivity index (χ0v) is 8.08. The van der Waals surface area contributed by atoms with E-state index >= 15 is 0 Å². The zero-order chi connectivity index (χ0) is 9.26. The van der Waals surface area contributed by atoms with Crippen molar-refractivity contribution >= 4 is 0 Å². The lowest BCUT2D eigenvalue weighted by atomic mass is 10.1. The lowest BCUT2D eigenvalue weighted by Crippen LogP contribution is -2.00. The molecule has 2 rings (SSSR count). The molecule has 0 bridgehead atoms. The number of aromatic nitrogens is 3. The van der Waals surface area contributed by atoms with Crippen LogP contribution in [-0.4, -0.2) is 27.9 Å². The molecule has 4 heteroatoms. The number of hydrogen-bond acceptors (Lipinski definition) is 3. The number of H-pyrrole nitrogens is 1. The molecule has 0 amide bonds. The van der Waals surface area contributed by atoms with Gasteiger partial charge < -0.3 is 4.74 Å². The molecule has 72 valence electrons. The average molecular weight is 181 g/mol. The van der Waals surface area contributed by atoms with Gasteiger partial charge in [0.15, 0.2) is 5.82 Å². The van der Waals surface area contributed by atoms with Gasteiger partial charge in [0.1, 0.15) is 5.82 Å². The van der Waals surface area contributed by atoms with E-state index in [1.165, 1.54) is 0 Å². The Morgan fingerprint density at radius 2 is 2.46 bits per heavy atom. The second kappa shape index (κ2) is 3.46. The van der Waals surface area contributed by atoms with Crippen molar-refractivity contribution in [2.24, 2.45) is 0 Å². The minimum Gasteiger partial charge on any atom is -0.378 e. The van der Waals surface area contributed by atoms with Gasteiger partial charge >= 0.3 is 0 Å². The van der Waals surface area contributed by atoms with E-state index < -0.39 is 0 Å². The number of aromatic amines is 1. The number of nitrogens with one attached hydrogen (secondary N) is 1. The molecular formula is C9H15N3O. The molecule has 2 heterocycles. The summed E-state index contributed by atoms with van der Waals surface area (Å²) in [7, 11) is 0. The maximum Gasteiger partial charge on any atom is 0.156 e. The molecule has 1 N–H and O–H groups in total. The lowest BCUT2D eigenvalue weighted by Gasteiger charge is -1.99. The van der Waals surface area contributed by atoms with Crippen molar-refractivity contribution < 1.29 is 4.74 Å². The maximum absolute atomic E-state index is 5.47. The Balaban J connectivity index is 2.08. The van der Waals surface area contributed by atoms with Crippen molar-refractivity contribution in [2.75, 3.05) is 6.61 Å². The highest BCUT2D eigenvalue weighted by Crippen LogP contribution is 2.26. The van der Waals surface area contributed by atoms with Gasteiger partial charge in [0.05, 0.1) is 12.7 Å². The Morgan fingerprint density at radius 3 is 3.00 bits per heavy atom. The SMILES string of the molecule is CCc1nc(C2COC(C)C2)n[nH]1. The number of aryl methyl sites for hydroxylation is 1. The van der Waals surface area contributed by atoms with Gasteiger partial charge in [-0.25, -0.2) is 4.98 Å². The molecule has 1 saturated heterocycles. The van der Waals surface area contributed by atoms with Crippen LogP contribution in [0.25, 0.3) is 0 Å². The summed E-state index contributed by atoms with van der Waals surface area (Å²) in [5.74, 6) is 2.28. The van der Waals surface area contributed by atoms with Gasteiger partial charge in [-0.15, -0.1) is 0 Å². The topological polar surface area (TPSA) is 50.8 Å². The Labute approximate surface area is 77.7 Å². The van der Waals surface area contributed by atoms with Crippen LogP contribution in [0.5, 0.6) is 0 Å². The van der Waals surface area contributed by atoms with Crippen molar-refractivity contribution in [3.8, 4) is 0 Å². The van der Waals surface area contributed by atoms with Crippen LogP contribution in [0.3, 0.4) is 0 Å². The molecule has 0 spiro atoms. The first kappa shape index (κ1) is 8.69. The Morgan fingerprint density at radius 1 is 1.62 bits per heavy atom. The molecule has 0 aromatic carbocycles. The van der Waals surface area contributed by atoms with Crippen LogP contribution >= 0.6 is 0 Å². The highest BCUT2D eigenvalue weighted by atomic mass is 16.5. The second-order valence-electron chi connectivity index (χ2n) is 3.57. The van der Waals surface area contributed by atoms with Crippen molar-refractivity contribution in [3.05, 3.63) is 11.6 Å². The minimum absolute atomic E-state index is 0.355. The Hall–Kier alpha value is -0.900. The average Bonchev–Trinajstić information content (AvgIpc) is 2.71. The number of rotatable bonds is 2. The smallest absolute Gasteiger partial charge is 0.156 e. The van der Waals surface area contributed by atoms with Crippen LogP contribution in [-0.2, 0) is 11.2 Å². The fraction of sp³-hybridized carbons (Fsp3) is 0.778. The summed E-state index contributed by atoms with van der Waals surface area (Å²) >= 11 is 0. The number of ether oxygens (including phenoxy) is 1. The van der Waals surface area contributed by atoms with E-state index in [0.717, 1.165) is 31.1 Å². The quantitative estimate of drug-likeness (QED) is 0.747. The van der Waals surface area contributed by atoms with Gasteiger partial charge in [-0.05, 0) is 13.3 Å². The molecule has 0 saturated carbocycles. The Bertz CT molecular complexity index is 284. The summed E-state index contributed by atoms with van der Waals surface area (Å²) in [6.07, 6.45) is 2.31. The lowest BCUT2D eigenvalue weighted by molar-refractivity contribution is 0.123. The highest BCUT2D eigenvalue weighted by molar-refractivity contribution is 5.00. The Kier molecular flexibility index (Phi) is 2.31. The van der Waals surface area contributed by atoms with Gasteiger partial charge in [-0.2, -0.15) is 5.10 Å². The van der Waals surface area contributed by atoms with Crippen LogP contribution in [0, 0.1) is 0 Å². The molecule has 1 aliphatic heterocycles. The standard InChI is InChI=1S/C9H15N3O/c1-3-8-10-9(12-11-8)7-4-6(2)13-5-7/h6-7H,3-5H2,1-2H3,(H,10,11,12). The fourth-order valence-corrected chi connectivity index (χ4v) is 1.65. The molecule has 1 aromatic rings. The van der Waals surface area contributed by atoms with Crippen LogP contribution < -0.4 is 0 Å². The summed E-state index contributed by atoms with van der Waals surface area (Å²) in [4.78, 5) is 4.40. The molecular weight excluding hydrogens is 166 g/mol. The predicted molar refractivity (Wildman–Crippen MR) is 48.5 cm³/mol. The van der Waals surface area contributed by atoms with Crippen LogP contribution in [0.15, 0.2) is 0 Å². The maximum atomic E-state index is 5.47. The first-order valence-electron chi connectivity index (χ1n) is 4.82. The van der Waals surface area contributed by atoms with Crippen LogP contribution in [0.4, 0.5) is 0 Å². The van der Waals surface area contributed by atoms with Gasteiger partial charge in [0, 0.05) is 12.3 Å². The van der Waals surface area contributed by atoms with E-state index in [2.05, 4.69) is 29.0 Å². The zero-order valence-electron chi connectivity index (χ0n) is 8.08.